The van der Waals surface area contributed by atoms with Gasteiger partial charge in [0.25, 0.3) is 0 Å². The molecular weight excluding hydrogens is 192 g/mol. The van der Waals surface area contributed by atoms with E-state index in [4.69, 9.17) is 9.47 Å². The largest absolute Gasteiger partial charge is 0.457 e. The van der Waals surface area contributed by atoms with Gasteiger partial charge in [-0.1, -0.05) is 18.7 Å². The van der Waals surface area contributed by atoms with Crippen molar-refractivity contribution in [2.45, 2.75) is 33.3 Å². The summed E-state index contributed by atoms with van der Waals surface area (Å²) < 4.78 is 10.3. The second-order valence-corrected chi connectivity index (χ2v) is 4.56. The van der Waals surface area contributed by atoms with Gasteiger partial charge in [-0.2, -0.15) is 0 Å². The highest BCUT2D eigenvalue weighted by Crippen LogP contribution is 2.10. The highest BCUT2D eigenvalue weighted by molar-refractivity contribution is 5.88. The Morgan fingerprint density at radius 2 is 1.73 bits per heavy atom. The van der Waals surface area contributed by atoms with E-state index in [1.807, 2.05) is 27.7 Å². The first-order valence-electron chi connectivity index (χ1n) is 4.85. The molecule has 0 aromatic heterocycles. The van der Waals surface area contributed by atoms with Gasteiger partial charge in [0, 0.05) is 0 Å². The lowest BCUT2D eigenvalue weighted by molar-refractivity contribution is -0.150. The van der Waals surface area contributed by atoms with Crippen molar-refractivity contribution >= 4 is 5.97 Å². The van der Waals surface area contributed by atoms with Crippen molar-refractivity contribution in [1.29, 1.82) is 0 Å². The lowest BCUT2D eigenvalue weighted by atomic mass is 10.2. The van der Waals surface area contributed by atoms with Crippen LogP contribution in [0.1, 0.15) is 27.7 Å². The zero-order valence-electron chi connectivity index (χ0n) is 10.1. The number of rotatable bonds is 5. The second-order valence-electron chi connectivity index (χ2n) is 4.56. The van der Waals surface area contributed by atoms with Crippen LogP contribution in [0.5, 0.6) is 0 Å². The van der Waals surface area contributed by atoms with Crippen LogP contribution < -0.4 is 0 Å². The maximum absolute atomic E-state index is 11.4. The number of carbonyl (C=O) groups is 1. The molecule has 0 unspecified atom stereocenters. The summed E-state index contributed by atoms with van der Waals surface area (Å²) in [6.07, 6.45) is 0. The maximum Gasteiger partial charge on any atom is 0.336 e. The van der Waals surface area contributed by atoms with Crippen LogP contribution >= 0.6 is 0 Å². The molecule has 15 heavy (non-hydrogen) atoms. The molecule has 3 nitrogen and oxygen atoms in total. The van der Waals surface area contributed by atoms with Crippen LogP contribution in [-0.4, -0.2) is 24.8 Å². The molecule has 0 fully saturated rings. The molecule has 0 radical (unpaired) electrons. The Kier molecular flexibility index (Phi) is 5.29. The van der Waals surface area contributed by atoms with Crippen LogP contribution in [0, 0.1) is 0 Å². The molecule has 0 aliphatic heterocycles. The Morgan fingerprint density at radius 1 is 1.20 bits per heavy atom. The Labute approximate surface area is 91.8 Å². The zero-order chi connectivity index (χ0) is 12.1. The molecule has 0 N–H and O–H groups in total. The third-order valence-electron chi connectivity index (χ3n) is 1.31. The minimum atomic E-state index is -0.492. The summed E-state index contributed by atoms with van der Waals surface area (Å²) in [5, 5.41) is 0. The number of esters is 1. The maximum atomic E-state index is 11.4. The number of carbonyl (C=O) groups excluding carboxylic acids is 1. The van der Waals surface area contributed by atoms with Crippen LogP contribution in [0.15, 0.2) is 24.3 Å². The fraction of sp³-hybridized carbons (Fsp3) is 0.583. The molecule has 0 aromatic rings. The highest BCUT2D eigenvalue weighted by atomic mass is 16.6. The van der Waals surface area contributed by atoms with Gasteiger partial charge in [-0.15, -0.1) is 0 Å². The summed E-state index contributed by atoms with van der Waals surface area (Å²) in [7, 11) is 0. The van der Waals surface area contributed by atoms with Crippen LogP contribution in [0.25, 0.3) is 0 Å². The van der Waals surface area contributed by atoms with E-state index >= 15 is 0 Å². The van der Waals surface area contributed by atoms with Crippen molar-refractivity contribution < 1.29 is 14.3 Å². The first-order valence-corrected chi connectivity index (χ1v) is 4.85. The standard InChI is InChI=1S/C12H20O3/c1-9(2)7-14-8-10(3)11(13)15-12(4,5)6/h1,3,7-8H2,2,4-6H3. The fourth-order valence-electron chi connectivity index (χ4n) is 0.758. The Hall–Kier alpha value is -1.09. The molecule has 0 bridgehead atoms. The van der Waals surface area contributed by atoms with Crippen LogP contribution in [-0.2, 0) is 14.3 Å². The van der Waals surface area contributed by atoms with Gasteiger partial charge in [-0.3, -0.25) is 0 Å². The van der Waals surface area contributed by atoms with Gasteiger partial charge in [0.1, 0.15) is 5.60 Å². The van der Waals surface area contributed by atoms with Gasteiger partial charge in [-0.25, -0.2) is 4.79 Å². The summed E-state index contributed by atoms with van der Waals surface area (Å²) in [6, 6.07) is 0. The predicted molar refractivity (Wildman–Crippen MR) is 60.6 cm³/mol. The Bertz CT molecular complexity index is 259. The average Bonchev–Trinajstić information content (AvgIpc) is 1.99. The molecule has 0 saturated heterocycles. The minimum absolute atomic E-state index is 0.182. The third-order valence-corrected chi connectivity index (χ3v) is 1.31. The van der Waals surface area contributed by atoms with Gasteiger partial charge in [0.05, 0.1) is 18.8 Å². The van der Waals surface area contributed by atoms with Gasteiger partial charge in [-0.05, 0) is 27.7 Å². The molecule has 0 saturated carbocycles. The van der Waals surface area contributed by atoms with Gasteiger partial charge in [0.2, 0.25) is 0 Å². The smallest absolute Gasteiger partial charge is 0.336 e. The minimum Gasteiger partial charge on any atom is -0.457 e. The lowest BCUT2D eigenvalue weighted by Crippen LogP contribution is -2.25. The summed E-state index contributed by atoms with van der Waals surface area (Å²) in [5.41, 5.74) is 0.743. The van der Waals surface area contributed by atoms with Crippen LogP contribution in [0.4, 0.5) is 0 Å². The van der Waals surface area contributed by atoms with Gasteiger partial charge >= 0.3 is 5.97 Å². The Morgan fingerprint density at radius 3 is 2.13 bits per heavy atom. The quantitative estimate of drug-likeness (QED) is 0.399. The van der Waals surface area contributed by atoms with Crippen molar-refractivity contribution in [3.05, 3.63) is 24.3 Å². The number of hydrogen-bond donors (Lipinski definition) is 0. The molecule has 3 heteroatoms. The SMILES string of the molecule is C=C(C)COCC(=C)C(=O)OC(C)(C)C. The van der Waals surface area contributed by atoms with Crippen LogP contribution in [0.2, 0.25) is 0 Å². The van der Waals surface area contributed by atoms with Crippen molar-refractivity contribution in [1.82, 2.24) is 0 Å². The van der Waals surface area contributed by atoms with Crippen molar-refractivity contribution in [2.24, 2.45) is 0 Å². The van der Waals surface area contributed by atoms with E-state index < -0.39 is 11.6 Å². The topological polar surface area (TPSA) is 35.5 Å². The molecular formula is C12H20O3. The third kappa shape index (κ3) is 7.94. The zero-order valence-corrected chi connectivity index (χ0v) is 10.1. The summed E-state index contributed by atoms with van der Waals surface area (Å²) in [6.45, 7) is 15.2. The monoisotopic (exact) mass is 212 g/mol. The van der Waals surface area contributed by atoms with Crippen molar-refractivity contribution in [3.63, 3.8) is 0 Å². The Balaban J connectivity index is 3.91. The predicted octanol–water partition coefficient (Wildman–Crippen LogP) is 2.48. The van der Waals surface area contributed by atoms with Gasteiger partial charge in [0.15, 0.2) is 0 Å². The molecule has 0 rings (SSSR count). The van der Waals surface area contributed by atoms with Gasteiger partial charge < -0.3 is 9.47 Å². The molecule has 86 valence electrons. The molecule has 0 heterocycles. The van der Waals surface area contributed by atoms with E-state index in [1.165, 1.54) is 0 Å². The van der Waals surface area contributed by atoms with E-state index in [1.54, 1.807) is 0 Å². The lowest BCUT2D eigenvalue weighted by Gasteiger charge is -2.20. The fourth-order valence-corrected chi connectivity index (χ4v) is 0.758. The number of ether oxygens (including phenoxy) is 2. The van der Waals surface area contributed by atoms with E-state index in [0.717, 1.165) is 5.57 Å². The van der Waals surface area contributed by atoms with Crippen molar-refractivity contribution in [2.75, 3.05) is 13.2 Å². The van der Waals surface area contributed by atoms with E-state index in [-0.39, 0.29) is 6.61 Å². The second kappa shape index (κ2) is 5.71. The summed E-state index contributed by atoms with van der Waals surface area (Å²) in [4.78, 5) is 11.4. The normalized spacial score (nSPS) is 10.9. The molecule has 0 aliphatic carbocycles. The van der Waals surface area contributed by atoms with E-state index in [9.17, 15) is 4.79 Å². The number of hydrogen-bond acceptors (Lipinski definition) is 3. The van der Waals surface area contributed by atoms with Crippen LogP contribution in [0.3, 0.4) is 0 Å². The molecule has 0 amide bonds. The molecule has 0 spiro atoms. The first kappa shape index (κ1) is 13.9. The molecule has 0 aliphatic rings. The average molecular weight is 212 g/mol. The summed E-state index contributed by atoms with van der Waals surface area (Å²) >= 11 is 0. The van der Waals surface area contributed by atoms with E-state index in [2.05, 4.69) is 13.2 Å². The molecule has 0 aromatic carbocycles. The van der Waals surface area contributed by atoms with E-state index in [0.29, 0.717) is 12.2 Å². The van der Waals surface area contributed by atoms with Crippen molar-refractivity contribution in [3.8, 4) is 0 Å². The highest BCUT2D eigenvalue weighted by Gasteiger charge is 2.18. The molecule has 0 atom stereocenters. The first-order chi connectivity index (χ1) is 6.72. The summed E-state index contributed by atoms with van der Waals surface area (Å²) in [5.74, 6) is -0.413.